The third-order valence-corrected chi connectivity index (χ3v) is 5.57. The van der Waals surface area contributed by atoms with Crippen LogP contribution in [0.3, 0.4) is 0 Å². The molecule has 1 N–H and O–H groups in total. The number of nitrogens with zero attached hydrogens (tertiary/aromatic N) is 1. The number of carbonyl (C=O) groups excluding carboxylic acids is 1. The molecule has 0 saturated carbocycles. The van der Waals surface area contributed by atoms with Gasteiger partial charge in [0.05, 0.1) is 22.1 Å². The van der Waals surface area contributed by atoms with E-state index in [9.17, 15) is 13.2 Å². The fourth-order valence-corrected chi connectivity index (χ4v) is 3.98. The van der Waals surface area contributed by atoms with Crippen molar-refractivity contribution in [3.8, 4) is 0 Å². The highest BCUT2D eigenvalue weighted by Crippen LogP contribution is 2.24. The highest BCUT2D eigenvalue weighted by atomic mass is 35.5. The monoisotopic (exact) mass is 330 g/mol. The number of benzene rings is 1. The molecule has 116 valence electrons. The number of amides is 1. The van der Waals surface area contributed by atoms with Crippen LogP contribution in [-0.2, 0) is 9.84 Å². The maximum atomic E-state index is 12.0. The molecular formula is C14H19ClN2O3S. The highest BCUT2D eigenvalue weighted by Gasteiger charge is 2.23. The molecule has 1 amide bonds. The van der Waals surface area contributed by atoms with E-state index in [0.29, 0.717) is 23.4 Å². The summed E-state index contributed by atoms with van der Waals surface area (Å²) in [6.07, 6.45) is 1.17. The minimum atomic E-state index is -2.87. The molecular weight excluding hydrogens is 312 g/mol. The van der Waals surface area contributed by atoms with Gasteiger partial charge in [-0.05, 0) is 31.0 Å². The third kappa shape index (κ3) is 4.11. The SMILES string of the molecule is CN(C)C(=O)c1cc(NC2CCS(=O)(=O)CC2)ccc1Cl. The van der Waals surface area contributed by atoms with E-state index in [1.165, 1.54) is 4.90 Å². The molecule has 0 radical (unpaired) electrons. The van der Waals surface area contributed by atoms with Crippen LogP contribution in [0.5, 0.6) is 0 Å². The topological polar surface area (TPSA) is 66.5 Å². The zero-order chi connectivity index (χ0) is 15.6. The number of hydrogen-bond acceptors (Lipinski definition) is 4. The van der Waals surface area contributed by atoms with Crippen molar-refractivity contribution in [3.63, 3.8) is 0 Å². The summed E-state index contributed by atoms with van der Waals surface area (Å²) < 4.78 is 22.8. The summed E-state index contributed by atoms with van der Waals surface area (Å²) in [5.41, 5.74) is 1.23. The number of carbonyl (C=O) groups is 1. The first kappa shape index (κ1) is 16.1. The number of sulfone groups is 1. The lowest BCUT2D eigenvalue weighted by Gasteiger charge is -2.24. The fraction of sp³-hybridized carbons (Fsp3) is 0.500. The number of nitrogens with one attached hydrogen (secondary N) is 1. The van der Waals surface area contributed by atoms with Crippen LogP contribution in [0.1, 0.15) is 23.2 Å². The Morgan fingerprint density at radius 3 is 2.48 bits per heavy atom. The number of hydrogen-bond donors (Lipinski definition) is 1. The Morgan fingerprint density at radius 1 is 1.29 bits per heavy atom. The summed E-state index contributed by atoms with van der Waals surface area (Å²) in [7, 11) is 0.473. The van der Waals surface area contributed by atoms with Crippen LogP contribution in [0, 0.1) is 0 Å². The van der Waals surface area contributed by atoms with Crippen LogP contribution in [0.2, 0.25) is 5.02 Å². The normalized spacial score (nSPS) is 18.2. The van der Waals surface area contributed by atoms with Gasteiger partial charge in [0, 0.05) is 25.8 Å². The molecule has 0 aliphatic carbocycles. The Balaban J connectivity index is 2.11. The molecule has 1 saturated heterocycles. The standard InChI is InChI=1S/C14H19ClN2O3S/c1-17(2)14(18)12-9-11(3-4-13(12)15)16-10-5-7-21(19,20)8-6-10/h3-4,9-10,16H,5-8H2,1-2H3. The molecule has 21 heavy (non-hydrogen) atoms. The second-order valence-corrected chi connectivity index (χ2v) is 8.18. The van der Waals surface area contributed by atoms with Crippen LogP contribution in [-0.4, -0.2) is 50.9 Å². The van der Waals surface area contributed by atoms with E-state index in [4.69, 9.17) is 11.6 Å². The van der Waals surface area contributed by atoms with Crippen molar-refractivity contribution in [1.29, 1.82) is 0 Å². The van der Waals surface area contributed by atoms with Crippen molar-refractivity contribution in [2.45, 2.75) is 18.9 Å². The molecule has 0 spiro atoms. The molecule has 2 rings (SSSR count). The fourth-order valence-electron chi connectivity index (χ4n) is 2.29. The maximum absolute atomic E-state index is 12.0. The molecule has 0 atom stereocenters. The minimum absolute atomic E-state index is 0.108. The molecule has 1 fully saturated rings. The molecule has 1 aromatic carbocycles. The number of rotatable bonds is 3. The van der Waals surface area contributed by atoms with Gasteiger partial charge in [0.1, 0.15) is 9.84 Å². The summed E-state index contributed by atoms with van der Waals surface area (Å²) in [5.74, 6) is 0.263. The Labute approximate surface area is 130 Å². The molecule has 1 aromatic rings. The average Bonchev–Trinajstić information content (AvgIpc) is 2.42. The van der Waals surface area contributed by atoms with Gasteiger partial charge >= 0.3 is 0 Å². The minimum Gasteiger partial charge on any atom is -0.382 e. The average molecular weight is 331 g/mol. The molecule has 1 aliphatic rings. The molecule has 1 aliphatic heterocycles. The summed E-state index contributed by atoms with van der Waals surface area (Å²) in [6, 6.07) is 5.31. The number of anilines is 1. The van der Waals surface area contributed by atoms with Crippen LogP contribution in [0.4, 0.5) is 5.69 Å². The lowest BCUT2D eigenvalue weighted by Crippen LogP contribution is -2.32. The van der Waals surface area contributed by atoms with Gasteiger partial charge in [-0.15, -0.1) is 0 Å². The summed E-state index contributed by atoms with van der Waals surface area (Å²) in [5, 5.41) is 3.69. The molecule has 5 nitrogen and oxygen atoms in total. The van der Waals surface area contributed by atoms with Crippen molar-refractivity contribution in [1.82, 2.24) is 4.90 Å². The smallest absolute Gasteiger partial charge is 0.254 e. The lowest BCUT2D eigenvalue weighted by molar-refractivity contribution is 0.0828. The molecule has 0 aromatic heterocycles. The van der Waals surface area contributed by atoms with E-state index >= 15 is 0 Å². The van der Waals surface area contributed by atoms with E-state index in [0.717, 1.165) is 5.69 Å². The predicted molar refractivity (Wildman–Crippen MR) is 84.8 cm³/mol. The molecule has 0 unspecified atom stereocenters. The first-order valence-electron chi connectivity index (χ1n) is 6.77. The van der Waals surface area contributed by atoms with Gasteiger partial charge in [0.25, 0.3) is 5.91 Å². The second-order valence-electron chi connectivity index (χ2n) is 5.46. The highest BCUT2D eigenvalue weighted by molar-refractivity contribution is 7.91. The van der Waals surface area contributed by atoms with Gasteiger partial charge < -0.3 is 10.2 Å². The molecule has 7 heteroatoms. The van der Waals surface area contributed by atoms with Gasteiger partial charge in [-0.1, -0.05) is 11.6 Å². The van der Waals surface area contributed by atoms with Gasteiger partial charge in [-0.3, -0.25) is 4.79 Å². The van der Waals surface area contributed by atoms with E-state index < -0.39 is 9.84 Å². The van der Waals surface area contributed by atoms with Crippen LogP contribution in [0.15, 0.2) is 18.2 Å². The maximum Gasteiger partial charge on any atom is 0.254 e. The van der Waals surface area contributed by atoms with Crippen LogP contribution in [0.25, 0.3) is 0 Å². The summed E-state index contributed by atoms with van der Waals surface area (Å²) in [4.78, 5) is 13.5. The first-order chi connectivity index (χ1) is 9.78. The van der Waals surface area contributed by atoms with Gasteiger partial charge in [0.2, 0.25) is 0 Å². The van der Waals surface area contributed by atoms with E-state index in [1.54, 1.807) is 32.3 Å². The quantitative estimate of drug-likeness (QED) is 0.921. The van der Waals surface area contributed by atoms with Crippen molar-refractivity contribution >= 4 is 33.0 Å². The van der Waals surface area contributed by atoms with E-state index in [1.807, 2.05) is 0 Å². The van der Waals surface area contributed by atoms with Gasteiger partial charge in [-0.2, -0.15) is 0 Å². The zero-order valence-corrected chi connectivity index (χ0v) is 13.7. The van der Waals surface area contributed by atoms with Crippen molar-refractivity contribution < 1.29 is 13.2 Å². The van der Waals surface area contributed by atoms with E-state index in [-0.39, 0.29) is 23.5 Å². The lowest BCUT2D eigenvalue weighted by atomic mass is 10.1. The van der Waals surface area contributed by atoms with Crippen molar-refractivity contribution in [3.05, 3.63) is 28.8 Å². The predicted octanol–water partition coefficient (Wildman–Crippen LogP) is 2.03. The van der Waals surface area contributed by atoms with Gasteiger partial charge in [0.15, 0.2) is 0 Å². The van der Waals surface area contributed by atoms with Gasteiger partial charge in [-0.25, -0.2) is 8.42 Å². The number of halogens is 1. The summed E-state index contributed by atoms with van der Waals surface area (Å²) in [6.45, 7) is 0. The largest absolute Gasteiger partial charge is 0.382 e. The second kappa shape index (κ2) is 6.23. The molecule has 0 bridgehead atoms. The first-order valence-corrected chi connectivity index (χ1v) is 8.96. The zero-order valence-electron chi connectivity index (χ0n) is 12.1. The Morgan fingerprint density at radius 2 is 1.90 bits per heavy atom. The van der Waals surface area contributed by atoms with Crippen molar-refractivity contribution in [2.24, 2.45) is 0 Å². The third-order valence-electron chi connectivity index (χ3n) is 3.53. The van der Waals surface area contributed by atoms with E-state index in [2.05, 4.69) is 5.32 Å². The summed E-state index contributed by atoms with van der Waals surface area (Å²) >= 11 is 6.06. The van der Waals surface area contributed by atoms with Crippen LogP contribution >= 0.6 is 11.6 Å². The van der Waals surface area contributed by atoms with Crippen molar-refractivity contribution in [2.75, 3.05) is 30.9 Å². The molecule has 1 heterocycles. The Hall–Kier alpha value is -1.27. The Bertz CT molecular complexity index is 630. The van der Waals surface area contributed by atoms with Crippen LogP contribution < -0.4 is 5.32 Å². The Kier molecular flexibility index (Phi) is 4.78.